The Bertz CT molecular complexity index is 684. The summed E-state index contributed by atoms with van der Waals surface area (Å²) >= 11 is 5.90. The number of halogens is 1. The van der Waals surface area contributed by atoms with E-state index in [0.717, 1.165) is 0 Å². The number of carbonyl (C=O) groups is 1. The van der Waals surface area contributed by atoms with Crippen molar-refractivity contribution >= 4 is 28.5 Å². The van der Waals surface area contributed by atoms with Crippen LogP contribution in [0.5, 0.6) is 0 Å². The Morgan fingerprint density at radius 2 is 2.53 bits per heavy atom. The lowest BCUT2D eigenvalue weighted by Crippen LogP contribution is -2.29. The summed E-state index contributed by atoms with van der Waals surface area (Å²) in [5.41, 5.74) is 0.656. The van der Waals surface area contributed by atoms with E-state index in [1.807, 2.05) is 0 Å². The smallest absolute Gasteiger partial charge is 0.213 e. The van der Waals surface area contributed by atoms with Crippen LogP contribution in [0.15, 0.2) is 12.7 Å². The molecule has 3 atom stereocenters. The van der Waals surface area contributed by atoms with E-state index in [-0.39, 0.29) is 11.8 Å². The minimum Gasteiger partial charge on any atom is -0.394 e. The molecule has 1 aliphatic rings. The summed E-state index contributed by atoms with van der Waals surface area (Å²) in [6.45, 7) is -0.200. The van der Waals surface area contributed by atoms with Gasteiger partial charge < -0.3 is 15.0 Å². The van der Waals surface area contributed by atoms with E-state index in [4.69, 9.17) is 19.2 Å². The van der Waals surface area contributed by atoms with Gasteiger partial charge in [0.25, 0.3) is 0 Å². The molecule has 1 aliphatic heterocycles. The molecule has 19 heavy (non-hydrogen) atoms. The molecule has 0 saturated carbocycles. The van der Waals surface area contributed by atoms with Gasteiger partial charge in [0.15, 0.2) is 17.0 Å². The van der Waals surface area contributed by atoms with E-state index in [1.165, 1.54) is 17.2 Å². The molecule has 0 bridgehead atoms. The highest BCUT2D eigenvalue weighted by Gasteiger charge is 2.43. The fourth-order valence-corrected chi connectivity index (χ4v) is 2.13. The molecule has 0 aliphatic carbocycles. The zero-order chi connectivity index (χ0) is 15.0. The van der Waals surface area contributed by atoms with Crippen LogP contribution in [0.4, 0.5) is 0 Å². The normalized spacial score (nSPS) is 28.7. The van der Waals surface area contributed by atoms with Crippen LogP contribution >= 0.6 is 11.6 Å². The molecular weight excluding hydrogens is 276 g/mol. The monoisotopic (exact) mass is 287 g/mol. The standard InChI is InChI=1S/C10H9ClN4O4/c11-8-5-9(13-2-12-8)15(3-14-5)10-7(18)6(17)4(1-16)19-10/h2-4,6,10,16-17H,1H2/t4-,6+,10-/m1/s1/i16D,17T. The molecule has 2 aromatic rings. The molecule has 3 rings (SSSR count). The van der Waals surface area contributed by atoms with E-state index in [0.29, 0.717) is 11.2 Å². The highest BCUT2D eigenvalue weighted by molar-refractivity contribution is 6.33. The van der Waals surface area contributed by atoms with Crippen molar-refractivity contribution in [2.24, 2.45) is 0 Å². The third-order valence-electron chi connectivity index (χ3n) is 2.90. The van der Waals surface area contributed by atoms with Crippen molar-refractivity contribution in [1.29, 1.82) is 2.86 Å². The number of aliphatic hydroxyl groups excluding tert-OH is 2. The van der Waals surface area contributed by atoms with Gasteiger partial charge in [0.05, 0.1) is 12.9 Å². The van der Waals surface area contributed by atoms with Gasteiger partial charge in [-0.3, -0.25) is 9.36 Å². The molecule has 2 N–H and O–H groups in total. The molecule has 1 fully saturated rings. The molecule has 0 aromatic carbocycles. The number of hydrogen-bond acceptors (Lipinski definition) is 7. The number of imidazole rings is 1. The number of fused-ring (bicyclic) bond motifs is 1. The van der Waals surface area contributed by atoms with Gasteiger partial charge in [-0.1, -0.05) is 11.6 Å². The van der Waals surface area contributed by atoms with Crippen LogP contribution in [0.1, 0.15) is 6.23 Å². The SMILES string of the molecule is [2H]OC[C@H]1O[C@@H](n2cnc3c(Cl)ncnc32)C(=O)[C@H]1O[3H]. The number of carbonyl (C=O) groups excluding carboxylic acids is 1. The summed E-state index contributed by atoms with van der Waals surface area (Å²) in [7, 11) is 0. The lowest BCUT2D eigenvalue weighted by atomic mass is 10.2. The van der Waals surface area contributed by atoms with Crippen molar-refractivity contribution in [3.63, 3.8) is 0 Å². The zero-order valence-corrected chi connectivity index (χ0v) is 10.1. The van der Waals surface area contributed by atoms with Crippen molar-refractivity contribution < 1.29 is 19.7 Å². The second-order valence-corrected chi connectivity index (χ2v) is 4.36. The lowest BCUT2D eigenvalue weighted by Gasteiger charge is -2.11. The van der Waals surface area contributed by atoms with Crippen LogP contribution in [0.3, 0.4) is 0 Å². The van der Waals surface area contributed by atoms with Gasteiger partial charge in [0.2, 0.25) is 8.65 Å². The minimum atomic E-state index is -1.14. The van der Waals surface area contributed by atoms with E-state index in [2.05, 4.69) is 25.2 Å². The molecule has 3 heterocycles. The fraction of sp³-hybridized carbons (Fsp3) is 0.400. The van der Waals surface area contributed by atoms with Crippen molar-refractivity contribution in [2.45, 2.75) is 18.4 Å². The van der Waals surface area contributed by atoms with E-state index >= 15 is 0 Å². The molecule has 0 unspecified atom stereocenters. The third-order valence-corrected chi connectivity index (χ3v) is 3.17. The largest absolute Gasteiger partial charge is 0.394 e. The average molecular weight is 288 g/mol. The second-order valence-electron chi connectivity index (χ2n) is 4.01. The molecule has 2 aromatic heterocycles. The molecule has 1 saturated heterocycles. The van der Waals surface area contributed by atoms with Crippen molar-refractivity contribution in [3.05, 3.63) is 17.8 Å². The summed E-state index contributed by atoms with van der Waals surface area (Å²) in [6, 6.07) is 0. The number of aliphatic hydroxyl groups is 2. The Labute approximate surface area is 114 Å². The van der Waals surface area contributed by atoms with E-state index < -0.39 is 24.2 Å². The summed E-state index contributed by atoms with van der Waals surface area (Å²) in [5, 5.41) is 8.74. The number of ketones is 1. The van der Waals surface area contributed by atoms with Crippen molar-refractivity contribution in [3.8, 4) is 0 Å². The molecule has 0 radical (unpaired) electrons. The second kappa shape index (κ2) is 4.49. The van der Waals surface area contributed by atoms with E-state index in [1.54, 1.807) is 0 Å². The van der Waals surface area contributed by atoms with Crippen molar-refractivity contribution in [2.75, 3.05) is 6.61 Å². The fourth-order valence-electron chi connectivity index (χ4n) is 1.95. The van der Waals surface area contributed by atoms with Gasteiger partial charge in [-0.2, -0.15) is 0 Å². The topological polar surface area (TPSA) is 110 Å². The van der Waals surface area contributed by atoms with Crippen LogP contribution in [0.2, 0.25) is 5.15 Å². The zero-order valence-electron chi connectivity index (χ0n) is 11.4. The maximum absolute atomic E-state index is 12.2. The number of Topliss-reactive ketones (excluding diaryl/α,β-unsaturated/α-hetero) is 1. The quantitative estimate of drug-likeness (QED) is 0.715. The lowest BCUT2D eigenvalue weighted by molar-refractivity contribution is -0.130. The Kier molecular flexibility index (Phi) is 2.42. The average Bonchev–Trinajstić information content (AvgIpc) is 3.02. The first-order valence-electron chi connectivity index (χ1n) is 6.21. The van der Waals surface area contributed by atoms with Gasteiger partial charge in [-0.15, -0.1) is 0 Å². The van der Waals surface area contributed by atoms with E-state index in [9.17, 15) is 4.79 Å². The molecule has 9 heteroatoms. The minimum absolute atomic E-state index is 0.156. The van der Waals surface area contributed by atoms with Gasteiger partial charge in [-0.25, -0.2) is 15.0 Å². The summed E-state index contributed by atoms with van der Waals surface area (Å²) in [6.07, 6.45) is -0.483. The van der Waals surface area contributed by atoms with Gasteiger partial charge >= 0.3 is 0 Å². The van der Waals surface area contributed by atoms with Crippen LogP contribution in [0.25, 0.3) is 11.2 Å². The van der Waals surface area contributed by atoms with Gasteiger partial charge in [0.1, 0.15) is 24.1 Å². The number of rotatable bonds is 4. The molecule has 100 valence electrons. The first-order chi connectivity index (χ1) is 10.2. The number of ether oxygens (including phenoxy) is 1. The Morgan fingerprint density at radius 1 is 1.63 bits per heavy atom. The summed E-state index contributed by atoms with van der Waals surface area (Å²) in [5.74, 6) is -0.485. The summed E-state index contributed by atoms with van der Waals surface area (Å²) < 4.78 is 20.6. The third kappa shape index (κ3) is 1.80. The highest BCUT2D eigenvalue weighted by Crippen LogP contribution is 2.28. The maximum Gasteiger partial charge on any atom is 0.213 e. The van der Waals surface area contributed by atoms with Crippen LogP contribution < -0.4 is 0 Å². The van der Waals surface area contributed by atoms with Crippen LogP contribution in [0, 0.1) is 0 Å². The Balaban J connectivity index is 1.99. The number of nitrogens with zero attached hydrogens (tertiary/aromatic N) is 4. The first kappa shape index (κ1) is 10.2. The summed E-state index contributed by atoms with van der Waals surface area (Å²) in [4.78, 5) is 24.1. The maximum atomic E-state index is 12.2. The first-order valence-corrected chi connectivity index (χ1v) is 5.77. The van der Waals surface area contributed by atoms with Crippen LogP contribution in [-0.2, 0) is 9.53 Å². The van der Waals surface area contributed by atoms with Crippen LogP contribution in [-0.4, -0.2) is 57.2 Å². The molecular formula is C10H9ClN4O4. The number of aromatic nitrogens is 4. The molecule has 0 amide bonds. The number of hydrogen-bond donors (Lipinski definition) is 2. The highest BCUT2D eigenvalue weighted by atomic mass is 35.5. The Hall–Kier alpha value is -1.61. The predicted molar refractivity (Wildman–Crippen MR) is 62.3 cm³/mol. The molecule has 8 nitrogen and oxygen atoms in total. The molecule has 0 spiro atoms. The predicted octanol–water partition coefficient (Wildman–Crippen LogP) is -0.701. The van der Waals surface area contributed by atoms with Gasteiger partial charge in [-0.05, 0) is 0 Å². The Morgan fingerprint density at radius 3 is 3.32 bits per heavy atom. The van der Waals surface area contributed by atoms with Crippen molar-refractivity contribution in [1.82, 2.24) is 19.5 Å². The van der Waals surface area contributed by atoms with Gasteiger partial charge in [0, 0.05) is 0 Å².